The van der Waals surface area contributed by atoms with Crippen LogP contribution in [0.4, 0.5) is 0 Å². The van der Waals surface area contributed by atoms with Crippen molar-refractivity contribution in [2.75, 3.05) is 26.4 Å². The van der Waals surface area contributed by atoms with Gasteiger partial charge in [0.25, 0.3) is 0 Å². The Morgan fingerprint density at radius 3 is 1.50 bits per heavy atom. The van der Waals surface area contributed by atoms with E-state index >= 15 is 0 Å². The zero-order chi connectivity index (χ0) is 44.0. The molecule has 4 N–H and O–H groups in total. The van der Waals surface area contributed by atoms with Gasteiger partial charge in [0.2, 0.25) is 0 Å². The summed E-state index contributed by atoms with van der Waals surface area (Å²) in [6, 6.07) is 0. The summed E-state index contributed by atoms with van der Waals surface area (Å²) in [4.78, 5) is 34.9. The monoisotopic (exact) mass is 868 g/mol. The highest BCUT2D eigenvalue weighted by Crippen LogP contribution is 2.43. The molecule has 0 amide bonds. The molecule has 60 heavy (non-hydrogen) atoms. The van der Waals surface area contributed by atoms with Gasteiger partial charge in [0.1, 0.15) is 6.61 Å². The van der Waals surface area contributed by atoms with Crippen molar-refractivity contribution in [2.45, 2.75) is 225 Å². The third-order valence-corrected chi connectivity index (χ3v) is 11.3. The van der Waals surface area contributed by atoms with Crippen LogP contribution in [-0.4, -0.2) is 60.5 Å². The number of carbonyl (C=O) groups excluding carboxylic acids is 2. The lowest BCUT2D eigenvalue weighted by Crippen LogP contribution is -2.29. The van der Waals surface area contributed by atoms with Gasteiger partial charge in [0.05, 0.1) is 19.3 Å². The van der Waals surface area contributed by atoms with Gasteiger partial charge < -0.3 is 25.2 Å². The molecule has 0 rings (SSSR count). The minimum Gasteiger partial charge on any atom is -0.462 e. The van der Waals surface area contributed by atoms with Crippen LogP contribution in [0.2, 0.25) is 0 Å². The van der Waals surface area contributed by atoms with Crippen LogP contribution in [0.15, 0.2) is 48.6 Å². The summed E-state index contributed by atoms with van der Waals surface area (Å²) in [5, 5.41) is 9.73. The molecule has 0 bridgehead atoms. The van der Waals surface area contributed by atoms with Gasteiger partial charge in [-0.3, -0.25) is 18.6 Å². The van der Waals surface area contributed by atoms with E-state index in [1.54, 1.807) is 0 Å². The molecule has 0 aliphatic carbocycles. The Bertz CT molecular complexity index is 1140. The van der Waals surface area contributed by atoms with Crippen LogP contribution in [0.5, 0.6) is 0 Å². The average molecular weight is 868 g/mol. The predicted octanol–water partition coefficient (Wildman–Crippen LogP) is 13.3. The number of aliphatic hydroxyl groups is 1. The molecule has 0 aliphatic rings. The van der Waals surface area contributed by atoms with E-state index in [9.17, 15) is 24.2 Å². The van der Waals surface area contributed by atoms with Crippen molar-refractivity contribution in [1.82, 2.24) is 0 Å². The van der Waals surface area contributed by atoms with Crippen LogP contribution in [-0.2, 0) is 32.7 Å². The molecular weight excluding hydrogens is 778 g/mol. The van der Waals surface area contributed by atoms with Gasteiger partial charge in [-0.05, 0) is 51.4 Å². The smallest absolute Gasteiger partial charge is 0.462 e. The highest BCUT2D eigenvalue weighted by atomic mass is 31.2. The molecule has 11 heteroatoms. The Labute approximate surface area is 367 Å². The molecule has 0 fully saturated rings. The molecule has 0 heterocycles. The van der Waals surface area contributed by atoms with E-state index in [2.05, 4.69) is 50.3 Å². The molecule has 0 aromatic heterocycles. The van der Waals surface area contributed by atoms with E-state index in [0.717, 1.165) is 57.8 Å². The van der Waals surface area contributed by atoms with E-state index in [1.165, 1.54) is 109 Å². The second-order valence-electron chi connectivity index (χ2n) is 16.2. The number of ether oxygens (including phenoxy) is 2. The third-order valence-electron chi connectivity index (χ3n) is 10.3. The molecule has 10 nitrogen and oxygen atoms in total. The first kappa shape index (κ1) is 57.9. The summed E-state index contributed by atoms with van der Waals surface area (Å²) in [5.74, 6) is -0.908. The Morgan fingerprint density at radius 2 is 1.02 bits per heavy atom. The van der Waals surface area contributed by atoms with Crippen molar-refractivity contribution in [3.05, 3.63) is 48.6 Å². The fraction of sp³-hybridized carbons (Fsp3) is 0.796. The predicted molar refractivity (Wildman–Crippen MR) is 249 cm³/mol. The number of esters is 2. The maximum atomic E-state index is 12.6. The Morgan fingerprint density at radius 1 is 0.567 bits per heavy atom. The van der Waals surface area contributed by atoms with Gasteiger partial charge in [-0.2, -0.15) is 0 Å². The van der Waals surface area contributed by atoms with Gasteiger partial charge in [-0.15, -0.1) is 0 Å². The molecule has 0 saturated carbocycles. The van der Waals surface area contributed by atoms with Crippen molar-refractivity contribution in [3.8, 4) is 0 Å². The van der Waals surface area contributed by atoms with Crippen LogP contribution >= 0.6 is 7.82 Å². The molecule has 0 saturated heterocycles. The minimum absolute atomic E-state index is 0.0402. The molecule has 0 aromatic carbocycles. The first-order chi connectivity index (χ1) is 29.2. The lowest BCUT2D eigenvalue weighted by Gasteiger charge is -2.19. The fourth-order valence-electron chi connectivity index (χ4n) is 6.70. The summed E-state index contributed by atoms with van der Waals surface area (Å²) >= 11 is 0. The van der Waals surface area contributed by atoms with Crippen LogP contribution < -0.4 is 5.73 Å². The Balaban J connectivity index is 4.15. The maximum absolute atomic E-state index is 12.6. The van der Waals surface area contributed by atoms with Crippen molar-refractivity contribution in [2.24, 2.45) is 5.73 Å². The van der Waals surface area contributed by atoms with E-state index in [4.69, 9.17) is 24.3 Å². The van der Waals surface area contributed by atoms with Crippen LogP contribution in [0, 0.1) is 0 Å². The van der Waals surface area contributed by atoms with E-state index in [-0.39, 0.29) is 38.7 Å². The number of unbranched alkanes of at least 4 members (excludes halogenated alkanes) is 21. The van der Waals surface area contributed by atoms with Crippen LogP contribution in [0.25, 0.3) is 0 Å². The van der Waals surface area contributed by atoms with Gasteiger partial charge in [-0.25, -0.2) is 4.57 Å². The molecular formula is C49H90NO9P. The first-order valence-electron chi connectivity index (χ1n) is 24.2. The lowest BCUT2D eigenvalue weighted by molar-refractivity contribution is -0.161. The molecule has 3 atom stereocenters. The van der Waals surface area contributed by atoms with Crippen molar-refractivity contribution < 1.29 is 42.7 Å². The molecule has 2 unspecified atom stereocenters. The zero-order valence-electron chi connectivity index (χ0n) is 38.3. The lowest BCUT2D eigenvalue weighted by atomic mass is 10.0. The van der Waals surface area contributed by atoms with Gasteiger partial charge >= 0.3 is 19.8 Å². The highest BCUT2D eigenvalue weighted by Gasteiger charge is 2.26. The summed E-state index contributed by atoms with van der Waals surface area (Å²) in [5.41, 5.74) is 5.35. The molecule has 0 aliphatic heterocycles. The zero-order valence-corrected chi connectivity index (χ0v) is 39.2. The van der Waals surface area contributed by atoms with Crippen LogP contribution in [0.1, 0.15) is 213 Å². The average Bonchev–Trinajstić information content (AvgIpc) is 3.23. The first-order valence-corrected chi connectivity index (χ1v) is 25.7. The molecule has 0 spiro atoms. The van der Waals surface area contributed by atoms with Gasteiger partial charge in [0.15, 0.2) is 6.10 Å². The number of nitrogens with two attached hydrogens (primary N) is 1. The van der Waals surface area contributed by atoms with Crippen molar-refractivity contribution in [1.29, 1.82) is 0 Å². The van der Waals surface area contributed by atoms with Gasteiger partial charge in [-0.1, -0.05) is 197 Å². The summed E-state index contributed by atoms with van der Waals surface area (Å²) in [6.07, 6.45) is 49.3. The van der Waals surface area contributed by atoms with E-state index in [0.29, 0.717) is 19.3 Å². The number of hydrogen-bond acceptors (Lipinski definition) is 9. The minimum atomic E-state index is -4.40. The fourth-order valence-corrected chi connectivity index (χ4v) is 7.47. The SMILES string of the molecule is CCCCCCCCCCCCCCCCCCCCCCCC(=O)O[C@H](COC(=O)CCC/C=C\C/C=C\C/C=C\C/C=C\CC(O)CCC)COP(=O)(O)OCCN. The molecule has 0 aromatic rings. The standard InChI is InChI=1S/C49H90NO9P/c1-3-5-6-7-8-9-10-11-12-13-14-15-16-17-18-21-25-28-31-34-37-41-49(53)59-47(45-58-60(54,55)57-43-42-50)44-56-48(52)40-36-33-30-27-24-22-19-20-23-26-29-32-35-39-46(51)38-4-2/h19,22-23,26-27,30,32,35,46-47,51H,3-18,20-21,24-25,28-29,31,33-34,36-45,50H2,1-2H3,(H,54,55)/b22-19-,26-23-,30-27-,35-32-/t46?,47-/m1/s1. The van der Waals surface area contributed by atoms with Gasteiger partial charge in [0, 0.05) is 19.4 Å². The van der Waals surface area contributed by atoms with E-state index < -0.39 is 32.5 Å². The number of phosphoric ester groups is 1. The number of rotatable bonds is 45. The van der Waals surface area contributed by atoms with E-state index in [1.807, 2.05) is 12.2 Å². The number of hydrogen-bond donors (Lipinski definition) is 3. The number of carbonyl (C=O) groups is 2. The summed E-state index contributed by atoms with van der Waals surface area (Å²) in [7, 11) is -4.40. The number of phosphoric acid groups is 1. The normalized spacial score (nSPS) is 14.2. The van der Waals surface area contributed by atoms with Crippen molar-refractivity contribution in [3.63, 3.8) is 0 Å². The largest absolute Gasteiger partial charge is 0.472 e. The number of allylic oxidation sites excluding steroid dienone is 7. The molecule has 0 radical (unpaired) electrons. The molecule has 350 valence electrons. The Kier molecular flexibility index (Phi) is 43.4. The second-order valence-corrected chi connectivity index (χ2v) is 17.6. The summed E-state index contributed by atoms with van der Waals surface area (Å²) < 4.78 is 32.8. The Hall–Kier alpha value is -2.07. The number of aliphatic hydroxyl groups excluding tert-OH is 1. The summed E-state index contributed by atoms with van der Waals surface area (Å²) in [6.45, 7) is 3.48. The van der Waals surface area contributed by atoms with Crippen molar-refractivity contribution >= 4 is 19.8 Å². The van der Waals surface area contributed by atoms with Crippen LogP contribution in [0.3, 0.4) is 0 Å². The topological polar surface area (TPSA) is 155 Å². The quantitative estimate of drug-likeness (QED) is 0.0233. The third kappa shape index (κ3) is 44.0. The maximum Gasteiger partial charge on any atom is 0.472 e. The highest BCUT2D eigenvalue weighted by molar-refractivity contribution is 7.47. The second kappa shape index (κ2) is 45.0.